The molecule has 0 radical (unpaired) electrons. The first-order valence-corrected chi connectivity index (χ1v) is 8.89. The van der Waals surface area contributed by atoms with E-state index in [4.69, 9.17) is 11.0 Å². The van der Waals surface area contributed by atoms with Crippen molar-refractivity contribution in [2.24, 2.45) is 5.73 Å². The fraction of sp³-hybridized carbons (Fsp3) is 0. The molecule has 2 rings (SSSR count). The minimum absolute atomic E-state index is 0.0187. The number of nitrogens with two attached hydrogens (primary N) is 1. The number of rotatable bonds is 5. The smallest absolute Gasteiger partial charge is 0.265 e. The fourth-order valence-electron chi connectivity index (χ4n) is 1.85. The first kappa shape index (κ1) is 17.7. The Morgan fingerprint density at radius 2 is 1.92 bits per heavy atom. The third kappa shape index (κ3) is 4.44. The Balaban J connectivity index is 2.40. The highest BCUT2D eigenvalue weighted by atomic mass is 79.9. The average molecular weight is 406 g/mol. The van der Waals surface area contributed by atoms with Crippen LogP contribution in [0.2, 0.25) is 0 Å². The van der Waals surface area contributed by atoms with Crippen LogP contribution in [0.15, 0.2) is 63.6 Å². The van der Waals surface area contributed by atoms with Gasteiger partial charge in [0, 0.05) is 4.47 Å². The van der Waals surface area contributed by atoms with Gasteiger partial charge in [-0.2, -0.15) is 5.26 Å². The summed E-state index contributed by atoms with van der Waals surface area (Å²) in [5.41, 5.74) is 5.81. The number of hydrogen-bond donors (Lipinski definition) is 2. The second-order valence-electron chi connectivity index (χ2n) is 4.72. The Morgan fingerprint density at radius 1 is 1.21 bits per heavy atom. The number of benzene rings is 2. The third-order valence-electron chi connectivity index (χ3n) is 2.94. The van der Waals surface area contributed by atoms with Crippen molar-refractivity contribution in [3.8, 4) is 6.07 Å². The first-order valence-electron chi connectivity index (χ1n) is 6.62. The van der Waals surface area contributed by atoms with Gasteiger partial charge in [0.05, 0.1) is 16.5 Å². The molecule has 0 bridgehead atoms. The second kappa shape index (κ2) is 7.29. The second-order valence-corrected chi connectivity index (χ2v) is 7.32. The van der Waals surface area contributed by atoms with Gasteiger partial charge in [-0.15, -0.1) is 0 Å². The lowest BCUT2D eigenvalue weighted by Crippen LogP contribution is -2.31. The van der Waals surface area contributed by atoms with E-state index in [-0.39, 0.29) is 10.6 Å². The summed E-state index contributed by atoms with van der Waals surface area (Å²) in [5.74, 6) is -0.934. The minimum Gasteiger partial charge on any atom is -0.364 e. The number of nitriles is 1. The molecule has 0 spiro atoms. The molecule has 1 amide bonds. The summed E-state index contributed by atoms with van der Waals surface area (Å²) >= 11 is 3.19. The van der Waals surface area contributed by atoms with Gasteiger partial charge in [0.1, 0.15) is 5.70 Å². The molecule has 24 heavy (non-hydrogen) atoms. The molecular weight excluding hydrogens is 394 g/mol. The van der Waals surface area contributed by atoms with Crippen LogP contribution in [0, 0.1) is 11.3 Å². The van der Waals surface area contributed by atoms with Crippen molar-refractivity contribution in [3.05, 3.63) is 69.8 Å². The Labute approximate surface area is 147 Å². The lowest BCUT2D eigenvalue weighted by molar-refractivity contribution is -0.114. The maximum absolute atomic E-state index is 12.4. The molecule has 0 aliphatic carbocycles. The topological polar surface area (TPSA) is 113 Å². The summed E-state index contributed by atoms with van der Waals surface area (Å²) < 4.78 is 27.5. The Kier molecular flexibility index (Phi) is 5.39. The van der Waals surface area contributed by atoms with E-state index in [2.05, 4.69) is 20.7 Å². The normalized spacial score (nSPS) is 11.6. The van der Waals surface area contributed by atoms with Crippen LogP contribution in [0.3, 0.4) is 0 Å². The average Bonchev–Trinajstić information content (AvgIpc) is 2.54. The van der Waals surface area contributed by atoms with E-state index in [1.54, 1.807) is 30.3 Å². The molecule has 2 aromatic carbocycles. The molecule has 122 valence electrons. The predicted octanol–water partition coefficient (Wildman–Crippen LogP) is 2.13. The van der Waals surface area contributed by atoms with Crippen LogP contribution in [0.4, 0.5) is 0 Å². The van der Waals surface area contributed by atoms with Gasteiger partial charge >= 0.3 is 0 Å². The van der Waals surface area contributed by atoms with Crippen molar-refractivity contribution in [1.29, 1.82) is 5.26 Å². The number of nitrogens with zero attached hydrogens (tertiary/aromatic N) is 1. The van der Waals surface area contributed by atoms with E-state index in [0.29, 0.717) is 15.6 Å². The summed E-state index contributed by atoms with van der Waals surface area (Å²) in [6.45, 7) is 0. The maximum Gasteiger partial charge on any atom is 0.265 e. The van der Waals surface area contributed by atoms with E-state index in [9.17, 15) is 13.2 Å². The Hall–Kier alpha value is -2.63. The van der Waals surface area contributed by atoms with Crippen molar-refractivity contribution >= 4 is 37.9 Å². The highest BCUT2D eigenvalue weighted by Crippen LogP contribution is 2.17. The van der Waals surface area contributed by atoms with Crippen LogP contribution in [0.1, 0.15) is 11.1 Å². The van der Waals surface area contributed by atoms with Crippen molar-refractivity contribution in [1.82, 2.24) is 4.72 Å². The predicted molar refractivity (Wildman–Crippen MR) is 92.8 cm³/mol. The number of carbonyl (C=O) groups excluding carboxylic acids is 1. The van der Waals surface area contributed by atoms with Crippen molar-refractivity contribution in [2.75, 3.05) is 0 Å². The van der Waals surface area contributed by atoms with Gasteiger partial charge < -0.3 is 5.73 Å². The minimum atomic E-state index is -3.98. The number of hydrogen-bond acceptors (Lipinski definition) is 4. The Morgan fingerprint density at radius 3 is 2.54 bits per heavy atom. The number of amides is 1. The number of nitrogens with one attached hydrogen (secondary N) is 1. The number of halogens is 1. The van der Waals surface area contributed by atoms with Gasteiger partial charge in [0.15, 0.2) is 0 Å². The van der Waals surface area contributed by atoms with E-state index in [0.717, 1.165) is 0 Å². The Bertz CT molecular complexity index is 963. The molecule has 0 unspecified atom stereocenters. The largest absolute Gasteiger partial charge is 0.364 e. The van der Waals surface area contributed by atoms with E-state index in [1.807, 2.05) is 6.07 Å². The molecule has 6 nitrogen and oxygen atoms in total. The summed E-state index contributed by atoms with van der Waals surface area (Å²) in [4.78, 5) is 11.6. The lowest BCUT2D eigenvalue weighted by Gasteiger charge is -2.10. The van der Waals surface area contributed by atoms with Crippen LogP contribution >= 0.6 is 15.9 Å². The molecule has 0 saturated heterocycles. The molecule has 0 aromatic heterocycles. The van der Waals surface area contributed by atoms with Crippen LogP contribution < -0.4 is 10.5 Å². The van der Waals surface area contributed by atoms with Gasteiger partial charge in [0.2, 0.25) is 0 Å². The van der Waals surface area contributed by atoms with Crippen molar-refractivity contribution in [2.45, 2.75) is 4.90 Å². The van der Waals surface area contributed by atoms with E-state index < -0.39 is 15.9 Å². The van der Waals surface area contributed by atoms with Gasteiger partial charge in [-0.25, -0.2) is 8.42 Å². The molecule has 0 aliphatic heterocycles. The number of carbonyl (C=O) groups is 1. The van der Waals surface area contributed by atoms with E-state index in [1.165, 1.54) is 24.3 Å². The van der Waals surface area contributed by atoms with Crippen LogP contribution in [-0.2, 0) is 14.8 Å². The van der Waals surface area contributed by atoms with Crippen LogP contribution in [-0.4, -0.2) is 14.3 Å². The number of sulfonamides is 1. The molecular formula is C16H12BrN3O3S. The molecule has 3 N–H and O–H groups in total. The molecule has 0 saturated carbocycles. The summed E-state index contributed by atoms with van der Waals surface area (Å²) in [6.07, 6.45) is 1.28. The number of primary amides is 1. The van der Waals surface area contributed by atoms with Gasteiger partial charge in [-0.05, 0) is 42.0 Å². The molecule has 0 aliphatic rings. The third-order valence-corrected chi connectivity index (χ3v) is 4.80. The molecule has 0 heterocycles. The SMILES string of the molecule is N#Cc1cccc(/C=C(/NS(=O)(=O)c2cccc(Br)c2)C(N)=O)c1. The molecule has 0 fully saturated rings. The van der Waals surface area contributed by atoms with E-state index >= 15 is 0 Å². The fourth-order valence-corrected chi connectivity index (χ4v) is 3.51. The highest BCUT2D eigenvalue weighted by Gasteiger charge is 2.18. The zero-order chi connectivity index (χ0) is 17.7. The van der Waals surface area contributed by atoms with Crippen molar-refractivity contribution in [3.63, 3.8) is 0 Å². The zero-order valence-corrected chi connectivity index (χ0v) is 14.6. The molecule has 2 aromatic rings. The maximum atomic E-state index is 12.4. The van der Waals surface area contributed by atoms with Crippen LogP contribution in [0.5, 0.6) is 0 Å². The first-order chi connectivity index (χ1) is 11.3. The zero-order valence-electron chi connectivity index (χ0n) is 12.2. The quantitative estimate of drug-likeness (QED) is 0.741. The summed E-state index contributed by atoms with van der Waals surface area (Å²) in [5, 5.41) is 8.89. The molecule has 8 heteroatoms. The highest BCUT2D eigenvalue weighted by molar-refractivity contribution is 9.10. The standard InChI is InChI=1S/C16H12BrN3O3S/c17-13-5-2-6-14(9-13)24(22,23)20-15(16(19)21)8-11-3-1-4-12(7-11)10-18/h1-9,20H,(H2,19,21)/b15-8+. The van der Waals surface area contributed by atoms with Gasteiger partial charge in [-0.3, -0.25) is 9.52 Å². The molecule has 0 atom stereocenters. The van der Waals surface area contributed by atoms with Gasteiger partial charge in [0.25, 0.3) is 15.9 Å². The van der Waals surface area contributed by atoms with Crippen LogP contribution in [0.25, 0.3) is 6.08 Å². The lowest BCUT2D eigenvalue weighted by atomic mass is 10.1. The van der Waals surface area contributed by atoms with Gasteiger partial charge in [-0.1, -0.05) is 34.1 Å². The summed E-state index contributed by atoms with van der Waals surface area (Å²) in [7, 11) is -3.98. The summed E-state index contributed by atoms with van der Waals surface area (Å²) in [6, 6.07) is 14.3. The monoisotopic (exact) mass is 405 g/mol. The van der Waals surface area contributed by atoms with Crippen molar-refractivity contribution < 1.29 is 13.2 Å².